The molecule has 1 aliphatic heterocycles. The summed E-state index contributed by atoms with van der Waals surface area (Å²) in [5.41, 5.74) is 0. The molecule has 2 amide bonds. The number of carbonyl (C=O) groups excluding carboxylic acids is 3. The fraction of sp³-hybridized carbons (Fsp3) is 0.733. The first-order chi connectivity index (χ1) is 10.8. The summed E-state index contributed by atoms with van der Waals surface area (Å²) >= 11 is 0. The molecule has 1 saturated carbocycles. The maximum Gasteiger partial charge on any atom is 0.326 e. The van der Waals surface area contributed by atoms with Gasteiger partial charge in [0.2, 0.25) is 11.8 Å². The first-order valence-electron chi connectivity index (χ1n) is 7.79. The third-order valence-electron chi connectivity index (χ3n) is 4.54. The van der Waals surface area contributed by atoms with Gasteiger partial charge in [0, 0.05) is 32.7 Å². The largest absolute Gasteiger partial charge is 0.480 e. The number of nitrogens with zero attached hydrogens (tertiary/aromatic N) is 1. The highest BCUT2D eigenvalue weighted by molar-refractivity contribution is 5.91. The summed E-state index contributed by atoms with van der Waals surface area (Å²) in [6.45, 7) is 1.36. The van der Waals surface area contributed by atoms with Crippen LogP contribution in [0.5, 0.6) is 0 Å². The van der Waals surface area contributed by atoms with Gasteiger partial charge in [-0.15, -0.1) is 0 Å². The number of carboxylic acid groups (broad SMARTS) is 1. The van der Waals surface area contributed by atoms with Gasteiger partial charge >= 0.3 is 5.97 Å². The number of hydrogen-bond acceptors (Lipinski definition) is 5. The van der Waals surface area contributed by atoms with E-state index in [1.165, 1.54) is 11.8 Å². The second-order valence-corrected chi connectivity index (χ2v) is 6.30. The number of aliphatic carboxylic acids is 1. The minimum Gasteiger partial charge on any atom is -0.480 e. The molecule has 0 bridgehead atoms. The standard InChI is InChI=1S/C15H22N2O6/c1-8(18)17-7-11(20)6-12(17)14(21)16-13(15(22)23)9-3-2-4-10(19)5-9/h9,11-13,20H,2-7H2,1H3,(H,16,21)(H,22,23)/t9-,11-,12+,13+/m1/s1. The molecule has 0 radical (unpaired) electrons. The molecule has 0 aromatic heterocycles. The number of carboxylic acids is 1. The van der Waals surface area contributed by atoms with E-state index >= 15 is 0 Å². The summed E-state index contributed by atoms with van der Waals surface area (Å²) in [6, 6.07) is -2.03. The average Bonchev–Trinajstić information content (AvgIpc) is 2.86. The van der Waals surface area contributed by atoms with Gasteiger partial charge in [0.15, 0.2) is 0 Å². The molecule has 0 aromatic rings. The van der Waals surface area contributed by atoms with Crippen molar-refractivity contribution in [3.05, 3.63) is 0 Å². The molecule has 2 rings (SSSR count). The molecule has 8 nitrogen and oxygen atoms in total. The fourth-order valence-electron chi connectivity index (χ4n) is 3.38. The highest BCUT2D eigenvalue weighted by atomic mass is 16.4. The van der Waals surface area contributed by atoms with Crippen LogP contribution < -0.4 is 5.32 Å². The number of aliphatic hydroxyl groups excluding tert-OH is 1. The molecule has 1 saturated heterocycles. The smallest absolute Gasteiger partial charge is 0.326 e. The normalized spacial score (nSPS) is 29.2. The van der Waals surface area contributed by atoms with Crippen molar-refractivity contribution in [2.24, 2.45) is 5.92 Å². The Morgan fingerprint density at radius 1 is 1.35 bits per heavy atom. The van der Waals surface area contributed by atoms with Gasteiger partial charge in [-0.3, -0.25) is 14.4 Å². The van der Waals surface area contributed by atoms with Crippen LogP contribution in [0.2, 0.25) is 0 Å². The minimum atomic E-state index is -1.19. The van der Waals surface area contributed by atoms with E-state index in [9.17, 15) is 29.4 Å². The van der Waals surface area contributed by atoms with Crippen molar-refractivity contribution in [3.63, 3.8) is 0 Å². The quantitative estimate of drug-likeness (QED) is 0.627. The van der Waals surface area contributed by atoms with Gasteiger partial charge in [-0.1, -0.05) is 0 Å². The lowest BCUT2D eigenvalue weighted by Crippen LogP contribution is -2.53. The van der Waals surface area contributed by atoms with E-state index in [4.69, 9.17) is 0 Å². The van der Waals surface area contributed by atoms with Crippen molar-refractivity contribution in [2.45, 2.75) is 57.2 Å². The zero-order chi connectivity index (χ0) is 17.1. The lowest BCUT2D eigenvalue weighted by molar-refractivity contribution is -0.145. The molecule has 8 heteroatoms. The summed E-state index contributed by atoms with van der Waals surface area (Å²) in [7, 11) is 0. The van der Waals surface area contributed by atoms with E-state index in [1.807, 2.05) is 0 Å². The number of carbonyl (C=O) groups is 4. The second-order valence-electron chi connectivity index (χ2n) is 6.30. The van der Waals surface area contributed by atoms with Crippen molar-refractivity contribution in [1.82, 2.24) is 10.2 Å². The van der Waals surface area contributed by atoms with E-state index in [1.54, 1.807) is 0 Å². The van der Waals surface area contributed by atoms with Gasteiger partial charge in [0.25, 0.3) is 0 Å². The van der Waals surface area contributed by atoms with Crippen LogP contribution in [0.25, 0.3) is 0 Å². The Morgan fingerprint density at radius 2 is 2.04 bits per heavy atom. The zero-order valence-corrected chi connectivity index (χ0v) is 13.0. The van der Waals surface area contributed by atoms with Crippen LogP contribution in [0, 0.1) is 5.92 Å². The van der Waals surface area contributed by atoms with E-state index in [0.717, 1.165) is 0 Å². The lowest BCUT2D eigenvalue weighted by Gasteiger charge is -2.29. The Hall–Kier alpha value is -1.96. The summed E-state index contributed by atoms with van der Waals surface area (Å²) in [5, 5.41) is 21.5. The van der Waals surface area contributed by atoms with Crippen LogP contribution in [-0.4, -0.2) is 63.4 Å². The monoisotopic (exact) mass is 326 g/mol. The topological polar surface area (TPSA) is 124 Å². The van der Waals surface area contributed by atoms with Crippen molar-refractivity contribution in [2.75, 3.05) is 6.54 Å². The van der Waals surface area contributed by atoms with E-state index in [2.05, 4.69) is 5.32 Å². The number of aliphatic hydroxyl groups is 1. The number of nitrogens with one attached hydrogen (secondary N) is 1. The number of ketones is 1. The van der Waals surface area contributed by atoms with Crippen LogP contribution in [0.4, 0.5) is 0 Å². The van der Waals surface area contributed by atoms with Crippen molar-refractivity contribution < 1.29 is 29.4 Å². The van der Waals surface area contributed by atoms with Gasteiger partial charge in [-0.25, -0.2) is 4.79 Å². The predicted molar refractivity (Wildman–Crippen MR) is 78.3 cm³/mol. The summed E-state index contributed by atoms with van der Waals surface area (Å²) in [4.78, 5) is 48.2. The number of hydrogen-bond donors (Lipinski definition) is 3. The molecule has 2 aliphatic rings. The number of β-amino-alcohol motifs (C(OH)–C–C–N with tert-alkyl or cyclic N) is 1. The Kier molecular flexibility index (Phi) is 5.35. The molecule has 23 heavy (non-hydrogen) atoms. The maximum absolute atomic E-state index is 12.4. The number of amides is 2. The molecular formula is C15H22N2O6. The Labute approximate surface area is 133 Å². The molecule has 3 N–H and O–H groups in total. The van der Waals surface area contributed by atoms with Crippen molar-refractivity contribution >= 4 is 23.6 Å². The molecule has 2 fully saturated rings. The van der Waals surface area contributed by atoms with Crippen LogP contribution in [-0.2, 0) is 19.2 Å². The van der Waals surface area contributed by atoms with Crippen LogP contribution in [0.3, 0.4) is 0 Å². The van der Waals surface area contributed by atoms with Gasteiger partial charge in [-0.2, -0.15) is 0 Å². The Morgan fingerprint density at radius 3 is 2.61 bits per heavy atom. The van der Waals surface area contributed by atoms with Gasteiger partial charge in [-0.05, 0) is 18.8 Å². The van der Waals surface area contributed by atoms with Gasteiger partial charge in [0.05, 0.1) is 6.10 Å². The third-order valence-corrected chi connectivity index (χ3v) is 4.54. The fourth-order valence-corrected chi connectivity index (χ4v) is 3.38. The highest BCUT2D eigenvalue weighted by Gasteiger charge is 2.40. The Balaban J connectivity index is 2.07. The predicted octanol–water partition coefficient (Wildman–Crippen LogP) is -0.703. The van der Waals surface area contributed by atoms with E-state index < -0.39 is 36.0 Å². The maximum atomic E-state index is 12.4. The highest BCUT2D eigenvalue weighted by Crippen LogP contribution is 2.25. The first-order valence-corrected chi connectivity index (χ1v) is 7.79. The molecule has 0 spiro atoms. The van der Waals surface area contributed by atoms with Crippen LogP contribution in [0.15, 0.2) is 0 Å². The third kappa shape index (κ3) is 4.07. The van der Waals surface area contributed by atoms with Gasteiger partial charge < -0.3 is 20.4 Å². The average molecular weight is 326 g/mol. The first kappa shape index (κ1) is 17.4. The number of Topliss-reactive ketones (excluding diaryl/α,β-unsaturated/α-hetero) is 1. The second kappa shape index (κ2) is 7.08. The molecule has 1 heterocycles. The number of rotatable bonds is 4. The molecular weight excluding hydrogens is 304 g/mol. The molecule has 128 valence electrons. The number of likely N-dealkylation sites (tertiary alicyclic amines) is 1. The van der Waals surface area contributed by atoms with Crippen LogP contribution >= 0.6 is 0 Å². The summed E-state index contributed by atoms with van der Waals surface area (Å²) in [6.07, 6.45) is 1.05. The summed E-state index contributed by atoms with van der Waals surface area (Å²) in [5.74, 6) is -2.56. The molecule has 1 aliphatic carbocycles. The van der Waals surface area contributed by atoms with E-state index in [-0.39, 0.29) is 31.1 Å². The molecule has 4 atom stereocenters. The SMILES string of the molecule is CC(=O)N1C[C@H](O)C[C@H]1C(=O)N[C@H](C(=O)O)[C@@H]1CCCC(=O)C1. The van der Waals surface area contributed by atoms with Gasteiger partial charge in [0.1, 0.15) is 17.9 Å². The molecule has 0 unspecified atom stereocenters. The van der Waals surface area contributed by atoms with Crippen molar-refractivity contribution in [1.29, 1.82) is 0 Å². The van der Waals surface area contributed by atoms with Crippen LogP contribution in [0.1, 0.15) is 39.0 Å². The van der Waals surface area contributed by atoms with E-state index in [0.29, 0.717) is 19.3 Å². The summed E-state index contributed by atoms with van der Waals surface area (Å²) < 4.78 is 0. The minimum absolute atomic E-state index is 0.00315. The van der Waals surface area contributed by atoms with Crippen molar-refractivity contribution in [3.8, 4) is 0 Å². The Bertz CT molecular complexity index is 520. The molecule has 0 aromatic carbocycles. The lowest BCUT2D eigenvalue weighted by atomic mass is 9.83. The zero-order valence-electron chi connectivity index (χ0n) is 13.0.